The minimum atomic E-state index is 0.232. The lowest BCUT2D eigenvalue weighted by molar-refractivity contribution is 0.262. The predicted molar refractivity (Wildman–Crippen MR) is 71.8 cm³/mol. The van der Waals surface area contributed by atoms with E-state index in [-0.39, 0.29) is 6.61 Å². The van der Waals surface area contributed by atoms with E-state index < -0.39 is 0 Å². The molecule has 0 aliphatic carbocycles. The first-order valence-corrected chi connectivity index (χ1v) is 6.62. The van der Waals surface area contributed by atoms with Gasteiger partial charge in [0.15, 0.2) is 0 Å². The number of hydrogen-bond acceptors (Lipinski definition) is 2. The number of benzene rings is 1. The first-order valence-electron chi connectivity index (χ1n) is 5.45. The minimum absolute atomic E-state index is 0.232. The molecule has 1 rings (SSSR count). The lowest BCUT2D eigenvalue weighted by Crippen LogP contribution is -2.28. The molecule has 2 N–H and O–H groups in total. The molecule has 1 aromatic carbocycles. The summed E-state index contributed by atoms with van der Waals surface area (Å²) in [4.78, 5) is 0. The van der Waals surface area contributed by atoms with Crippen molar-refractivity contribution in [1.29, 1.82) is 0 Å². The Morgan fingerprint density at radius 3 is 2.81 bits per heavy atom. The van der Waals surface area contributed by atoms with Gasteiger partial charge < -0.3 is 10.4 Å². The molecule has 4 heteroatoms. The van der Waals surface area contributed by atoms with Gasteiger partial charge in [0, 0.05) is 23.7 Å². The lowest BCUT2D eigenvalue weighted by Gasteiger charge is -2.15. The number of nitrogens with one attached hydrogen (secondary N) is 1. The lowest BCUT2D eigenvalue weighted by atomic mass is 10.1. The third-order valence-electron chi connectivity index (χ3n) is 2.55. The van der Waals surface area contributed by atoms with Gasteiger partial charge in [-0.25, -0.2) is 0 Å². The molecule has 0 fully saturated rings. The second kappa shape index (κ2) is 7.28. The standard InChI is InChI=1S/C12H17BrClNO/c1-2-10(5-6-16)15-8-9-3-4-12(14)11(13)7-9/h3-4,7,10,15-16H,2,5-6,8H2,1H3. The van der Waals surface area contributed by atoms with Crippen molar-refractivity contribution in [2.45, 2.75) is 32.4 Å². The number of aliphatic hydroxyl groups is 1. The Kier molecular flexibility index (Phi) is 6.36. The summed E-state index contributed by atoms with van der Waals surface area (Å²) in [5, 5.41) is 13.0. The summed E-state index contributed by atoms with van der Waals surface area (Å²) in [6, 6.07) is 6.28. The van der Waals surface area contributed by atoms with Crippen molar-refractivity contribution in [3.63, 3.8) is 0 Å². The second-order valence-corrected chi connectivity index (χ2v) is 5.01. The highest BCUT2D eigenvalue weighted by Crippen LogP contribution is 2.23. The van der Waals surface area contributed by atoms with Crippen molar-refractivity contribution in [3.8, 4) is 0 Å². The van der Waals surface area contributed by atoms with Crippen LogP contribution in [0.4, 0.5) is 0 Å². The molecular weight excluding hydrogens is 289 g/mol. The Balaban J connectivity index is 2.50. The van der Waals surface area contributed by atoms with Gasteiger partial charge in [-0.05, 0) is 46.5 Å². The second-order valence-electron chi connectivity index (χ2n) is 3.75. The van der Waals surface area contributed by atoms with Crippen LogP contribution in [0.2, 0.25) is 5.02 Å². The molecule has 1 aromatic rings. The monoisotopic (exact) mass is 305 g/mol. The van der Waals surface area contributed by atoms with Crippen LogP contribution in [0.5, 0.6) is 0 Å². The smallest absolute Gasteiger partial charge is 0.0548 e. The van der Waals surface area contributed by atoms with Crippen LogP contribution in [0, 0.1) is 0 Å². The molecule has 16 heavy (non-hydrogen) atoms. The zero-order valence-electron chi connectivity index (χ0n) is 9.34. The molecule has 0 saturated heterocycles. The van der Waals surface area contributed by atoms with Crippen LogP contribution in [0.15, 0.2) is 22.7 Å². The Bertz CT molecular complexity index is 333. The van der Waals surface area contributed by atoms with Crippen LogP contribution < -0.4 is 5.32 Å². The average molecular weight is 307 g/mol. The fraction of sp³-hybridized carbons (Fsp3) is 0.500. The highest BCUT2D eigenvalue weighted by atomic mass is 79.9. The molecule has 0 aliphatic heterocycles. The van der Waals surface area contributed by atoms with Gasteiger partial charge in [0.25, 0.3) is 0 Å². The van der Waals surface area contributed by atoms with Crippen molar-refractivity contribution >= 4 is 27.5 Å². The third kappa shape index (κ3) is 4.42. The van der Waals surface area contributed by atoms with Crippen LogP contribution in [-0.2, 0) is 6.54 Å². The van der Waals surface area contributed by atoms with Gasteiger partial charge in [-0.3, -0.25) is 0 Å². The van der Waals surface area contributed by atoms with Crippen LogP contribution in [0.3, 0.4) is 0 Å². The molecule has 0 amide bonds. The zero-order valence-corrected chi connectivity index (χ0v) is 11.7. The maximum absolute atomic E-state index is 8.88. The average Bonchev–Trinajstić information content (AvgIpc) is 2.28. The fourth-order valence-corrected chi connectivity index (χ4v) is 2.06. The van der Waals surface area contributed by atoms with E-state index in [9.17, 15) is 0 Å². The SMILES string of the molecule is CCC(CCO)NCc1ccc(Cl)c(Br)c1. The number of halogens is 2. The topological polar surface area (TPSA) is 32.3 Å². The maximum atomic E-state index is 8.88. The first-order chi connectivity index (χ1) is 7.67. The van der Waals surface area contributed by atoms with Gasteiger partial charge in [0.05, 0.1) is 5.02 Å². The molecule has 1 atom stereocenters. The summed E-state index contributed by atoms with van der Waals surface area (Å²) >= 11 is 9.32. The van der Waals surface area contributed by atoms with Crippen LogP contribution >= 0.6 is 27.5 Å². The van der Waals surface area contributed by atoms with E-state index in [1.54, 1.807) is 0 Å². The van der Waals surface area contributed by atoms with Gasteiger partial charge in [0.2, 0.25) is 0 Å². The van der Waals surface area contributed by atoms with E-state index in [0.717, 1.165) is 28.9 Å². The zero-order chi connectivity index (χ0) is 12.0. The summed E-state index contributed by atoms with van der Waals surface area (Å²) in [6.07, 6.45) is 1.82. The number of hydrogen-bond donors (Lipinski definition) is 2. The van der Waals surface area contributed by atoms with Gasteiger partial charge in [0.1, 0.15) is 0 Å². The summed E-state index contributed by atoms with van der Waals surface area (Å²) in [6.45, 7) is 3.15. The molecule has 0 aromatic heterocycles. The molecule has 0 heterocycles. The highest BCUT2D eigenvalue weighted by Gasteiger charge is 2.05. The van der Waals surface area contributed by atoms with Crippen molar-refractivity contribution in [2.75, 3.05) is 6.61 Å². The molecule has 2 nitrogen and oxygen atoms in total. The Morgan fingerprint density at radius 2 is 2.25 bits per heavy atom. The van der Waals surface area contributed by atoms with Gasteiger partial charge in [-0.15, -0.1) is 0 Å². The summed E-state index contributed by atoms with van der Waals surface area (Å²) in [7, 11) is 0. The van der Waals surface area contributed by atoms with Gasteiger partial charge in [-0.2, -0.15) is 0 Å². The molecule has 0 saturated carbocycles. The molecule has 90 valence electrons. The summed E-state index contributed by atoms with van der Waals surface area (Å²) < 4.78 is 0.920. The normalized spacial score (nSPS) is 12.8. The van der Waals surface area contributed by atoms with E-state index in [4.69, 9.17) is 16.7 Å². The van der Waals surface area contributed by atoms with E-state index in [1.165, 1.54) is 5.56 Å². The van der Waals surface area contributed by atoms with E-state index >= 15 is 0 Å². The first kappa shape index (κ1) is 14.0. The van der Waals surface area contributed by atoms with Gasteiger partial charge in [-0.1, -0.05) is 24.6 Å². The third-order valence-corrected chi connectivity index (χ3v) is 3.76. The predicted octanol–water partition coefficient (Wildman–Crippen LogP) is 3.35. The molecule has 0 radical (unpaired) electrons. The van der Waals surface area contributed by atoms with Crippen LogP contribution in [-0.4, -0.2) is 17.8 Å². The molecule has 0 aliphatic rings. The largest absolute Gasteiger partial charge is 0.396 e. The number of rotatable bonds is 6. The van der Waals surface area contributed by atoms with Crippen molar-refractivity contribution < 1.29 is 5.11 Å². The maximum Gasteiger partial charge on any atom is 0.0548 e. The van der Waals surface area contributed by atoms with Crippen LogP contribution in [0.25, 0.3) is 0 Å². The Labute approximate surface area is 110 Å². The van der Waals surface area contributed by atoms with Crippen molar-refractivity contribution in [1.82, 2.24) is 5.32 Å². The molecule has 0 bridgehead atoms. The quantitative estimate of drug-likeness (QED) is 0.845. The minimum Gasteiger partial charge on any atom is -0.396 e. The van der Waals surface area contributed by atoms with E-state index in [2.05, 4.69) is 28.2 Å². The fourth-order valence-electron chi connectivity index (χ4n) is 1.52. The van der Waals surface area contributed by atoms with Gasteiger partial charge >= 0.3 is 0 Å². The molecular formula is C12H17BrClNO. The summed E-state index contributed by atoms with van der Waals surface area (Å²) in [5.41, 5.74) is 1.19. The van der Waals surface area contributed by atoms with Crippen molar-refractivity contribution in [2.24, 2.45) is 0 Å². The van der Waals surface area contributed by atoms with E-state index in [0.29, 0.717) is 6.04 Å². The summed E-state index contributed by atoms with van der Waals surface area (Å²) in [5.74, 6) is 0. The van der Waals surface area contributed by atoms with Crippen LogP contribution in [0.1, 0.15) is 25.3 Å². The highest BCUT2D eigenvalue weighted by molar-refractivity contribution is 9.10. The van der Waals surface area contributed by atoms with E-state index in [1.807, 2.05) is 18.2 Å². The van der Waals surface area contributed by atoms with Crippen molar-refractivity contribution in [3.05, 3.63) is 33.3 Å². The number of aliphatic hydroxyl groups excluding tert-OH is 1. The Hall–Kier alpha value is -0.0900. The Morgan fingerprint density at radius 1 is 1.50 bits per heavy atom. The molecule has 0 spiro atoms. The molecule has 1 unspecified atom stereocenters.